The van der Waals surface area contributed by atoms with Crippen molar-refractivity contribution in [2.24, 2.45) is 7.05 Å². The molecule has 1 aromatic carbocycles. The van der Waals surface area contributed by atoms with Gasteiger partial charge in [-0.2, -0.15) is 0 Å². The van der Waals surface area contributed by atoms with Crippen molar-refractivity contribution < 1.29 is 4.79 Å². The van der Waals surface area contributed by atoms with Gasteiger partial charge in [0.05, 0.1) is 11.0 Å². The molecule has 1 aromatic heterocycles. The van der Waals surface area contributed by atoms with Crippen molar-refractivity contribution in [3.8, 4) is 0 Å². The molecule has 1 heterocycles. The molecule has 5 nitrogen and oxygen atoms in total. The lowest BCUT2D eigenvalue weighted by Gasteiger charge is -2.09. The number of carbonyl (C=O) groups excluding carboxylic acids is 1. The van der Waals surface area contributed by atoms with E-state index in [9.17, 15) is 4.79 Å². The maximum Gasteiger partial charge on any atom is 0.251 e. The van der Waals surface area contributed by atoms with Gasteiger partial charge in [-0.3, -0.25) is 4.79 Å². The van der Waals surface area contributed by atoms with Crippen molar-refractivity contribution in [3.63, 3.8) is 0 Å². The Labute approximate surface area is 123 Å². The van der Waals surface area contributed by atoms with Crippen LogP contribution in [0.2, 0.25) is 5.28 Å². The van der Waals surface area contributed by atoms with Crippen LogP contribution in [0.25, 0.3) is 11.0 Å². The summed E-state index contributed by atoms with van der Waals surface area (Å²) in [5.41, 5.74) is 2.26. The highest BCUT2D eigenvalue weighted by Crippen LogP contribution is 2.19. The number of halogens is 1. The minimum absolute atomic E-state index is 0.0765. The van der Waals surface area contributed by atoms with E-state index >= 15 is 0 Å². The lowest BCUT2D eigenvalue weighted by molar-refractivity contribution is 0.0952. The van der Waals surface area contributed by atoms with Crippen molar-refractivity contribution in [1.29, 1.82) is 0 Å². The number of rotatable bonds is 5. The zero-order chi connectivity index (χ0) is 14.7. The Hall–Kier alpha value is -1.59. The number of nitrogens with zero attached hydrogens (tertiary/aromatic N) is 3. The average Bonchev–Trinajstić information content (AvgIpc) is 2.69. The summed E-state index contributed by atoms with van der Waals surface area (Å²) in [6, 6.07) is 5.42. The Morgan fingerprint density at radius 3 is 2.90 bits per heavy atom. The highest BCUT2D eigenvalue weighted by atomic mass is 35.5. The van der Waals surface area contributed by atoms with E-state index in [2.05, 4.69) is 15.2 Å². The Bertz CT molecular complexity index is 621. The summed E-state index contributed by atoms with van der Waals surface area (Å²) < 4.78 is 1.79. The van der Waals surface area contributed by atoms with Crippen molar-refractivity contribution in [1.82, 2.24) is 19.8 Å². The Balaban J connectivity index is 2.03. The zero-order valence-corrected chi connectivity index (χ0v) is 12.7. The van der Waals surface area contributed by atoms with E-state index in [1.54, 1.807) is 16.7 Å². The van der Waals surface area contributed by atoms with Gasteiger partial charge < -0.3 is 14.8 Å². The minimum atomic E-state index is -0.0765. The molecule has 0 fully saturated rings. The van der Waals surface area contributed by atoms with Gasteiger partial charge in [0.2, 0.25) is 5.28 Å². The summed E-state index contributed by atoms with van der Waals surface area (Å²) in [7, 11) is 5.87. The van der Waals surface area contributed by atoms with Crippen LogP contribution >= 0.6 is 11.6 Å². The number of hydrogen-bond acceptors (Lipinski definition) is 3. The number of benzene rings is 1. The lowest BCUT2D eigenvalue weighted by Crippen LogP contribution is -2.27. The van der Waals surface area contributed by atoms with Gasteiger partial charge in [0.15, 0.2) is 0 Å². The van der Waals surface area contributed by atoms with Crippen LogP contribution in [0, 0.1) is 0 Å². The molecule has 108 valence electrons. The van der Waals surface area contributed by atoms with Gasteiger partial charge in [0, 0.05) is 19.2 Å². The van der Waals surface area contributed by atoms with Crippen LogP contribution in [0.4, 0.5) is 0 Å². The van der Waals surface area contributed by atoms with Crippen LogP contribution in [0.5, 0.6) is 0 Å². The molecule has 0 spiro atoms. The molecule has 6 heteroatoms. The predicted molar refractivity (Wildman–Crippen MR) is 81.2 cm³/mol. The van der Waals surface area contributed by atoms with Crippen molar-refractivity contribution in [2.45, 2.75) is 6.42 Å². The van der Waals surface area contributed by atoms with Crippen LogP contribution in [0.1, 0.15) is 16.8 Å². The molecular weight excluding hydrogens is 276 g/mol. The second kappa shape index (κ2) is 6.24. The SMILES string of the molecule is CN(C)CCCNC(=O)c1ccc2c(c1)nc(Cl)n2C. The molecule has 0 aliphatic rings. The van der Waals surface area contributed by atoms with E-state index < -0.39 is 0 Å². The molecule has 0 aliphatic heterocycles. The molecule has 0 radical (unpaired) electrons. The number of aromatic nitrogens is 2. The first-order chi connectivity index (χ1) is 9.49. The summed E-state index contributed by atoms with van der Waals surface area (Å²) in [6.45, 7) is 1.62. The Morgan fingerprint density at radius 2 is 2.20 bits per heavy atom. The fourth-order valence-electron chi connectivity index (χ4n) is 2.01. The minimum Gasteiger partial charge on any atom is -0.352 e. The Morgan fingerprint density at radius 1 is 1.45 bits per heavy atom. The number of hydrogen-bond donors (Lipinski definition) is 1. The molecule has 20 heavy (non-hydrogen) atoms. The first-order valence-corrected chi connectivity index (χ1v) is 6.91. The molecule has 0 aliphatic carbocycles. The van der Waals surface area contributed by atoms with Gasteiger partial charge in [0.25, 0.3) is 5.91 Å². The summed E-state index contributed by atoms with van der Waals surface area (Å²) in [5, 5.41) is 3.33. The monoisotopic (exact) mass is 294 g/mol. The van der Waals surface area contributed by atoms with E-state index in [0.717, 1.165) is 24.0 Å². The van der Waals surface area contributed by atoms with Crippen molar-refractivity contribution in [2.75, 3.05) is 27.2 Å². The highest BCUT2D eigenvalue weighted by Gasteiger charge is 2.10. The normalized spacial score (nSPS) is 11.2. The molecule has 1 amide bonds. The third kappa shape index (κ3) is 3.29. The molecule has 0 atom stereocenters. The van der Waals surface area contributed by atoms with Crippen molar-refractivity contribution >= 4 is 28.5 Å². The third-order valence-electron chi connectivity index (χ3n) is 3.16. The van der Waals surface area contributed by atoms with Crippen LogP contribution in [0.15, 0.2) is 18.2 Å². The van der Waals surface area contributed by atoms with E-state index in [4.69, 9.17) is 11.6 Å². The summed E-state index contributed by atoms with van der Waals surface area (Å²) >= 11 is 5.96. The second-order valence-electron chi connectivity index (χ2n) is 5.06. The zero-order valence-electron chi connectivity index (χ0n) is 12.0. The van der Waals surface area contributed by atoms with Crippen LogP contribution < -0.4 is 5.32 Å². The van der Waals surface area contributed by atoms with E-state index in [1.165, 1.54) is 0 Å². The second-order valence-corrected chi connectivity index (χ2v) is 5.39. The third-order valence-corrected chi connectivity index (χ3v) is 3.49. The van der Waals surface area contributed by atoms with E-state index in [-0.39, 0.29) is 5.91 Å². The van der Waals surface area contributed by atoms with Crippen LogP contribution in [-0.4, -0.2) is 47.5 Å². The number of fused-ring (bicyclic) bond motifs is 1. The molecule has 0 saturated heterocycles. The lowest BCUT2D eigenvalue weighted by atomic mass is 10.2. The standard InChI is InChI=1S/C14H19ClN4O/c1-18(2)8-4-7-16-13(20)10-5-6-12-11(9-10)17-14(15)19(12)3/h5-6,9H,4,7-8H2,1-3H3,(H,16,20). The molecule has 2 rings (SSSR count). The number of aryl methyl sites for hydroxylation is 1. The first kappa shape index (κ1) is 14.8. The molecule has 1 N–H and O–H groups in total. The predicted octanol–water partition coefficient (Wildman–Crippen LogP) is 1.91. The van der Waals surface area contributed by atoms with E-state index in [0.29, 0.717) is 17.4 Å². The maximum absolute atomic E-state index is 12.0. The van der Waals surface area contributed by atoms with E-state index in [1.807, 2.05) is 27.2 Å². The first-order valence-electron chi connectivity index (χ1n) is 6.54. The Kier molecular flexibility index (Phi) is 4.62. The van der Waals surface area contributed by atoms with Gasteiger partial charge in [-0.25, -0.2) is 4.98 Å². The molecule has 2 aromatic rings. The molecular formula is C14H19ClN4O. The van der Waals surface area contributed by atoms with Gasteiger partial charge in [-0.1, -0.05) is 0 Å². The number of carbonyl (C=O) groups is 1. The number of amides is 1. The van der Waals surface area contributed by atoms with Crippen LogP contribution in [0.3, 0.4) is 0 Å². The van der Waals surface area contributed by atoms with Gasteiger partial charge >= 0.3 is 0 Å². The summed E-state index contributed by atoms with van der Waals surface area (Å²) in [6.07, 6.45) is 0.927. The summed E-state index contributed by atoms with van der Waals surface area (Å²) in [5.74, 6) is -0.0765. The highest BCUT2D eigenvalue weighted by molar-refractivity contribution is 6.29. The van der Waals surface area contributed by atoms with Gasteiger partial charge in [0.1, 0.15) is 0 Å². The fraction of sp³-hybridized carbons (Fsp3) is 0.429. The maximum atomic E-state index is 12.0. The number of imidazole rings is 1. The quantitative estimate of drug-likeness (QED) is 0.857. The van der Waals surface area contributed by atoms with Crippen molar-refractivity contribution in [3.05, 3.63) is 29.0 Å². The smallest absolute Gasteiger partial charge is 0.251 e. The molecule has 0 unspecified atom stereocenters. The topological polar surface area (TPSA) is 50.2 Å². The molecule has 0 bridgehead atoms. The summed E-state index contributed by atoms with van der Waals surface area (Å²) in [4.78, 5) is 18.3. The fourth-order valence-corrected chi connectivity index (χ4v) is 2.19. The molecule has 0 saturated carbocycles. The van der Waals surface area contributed by atoms with Gasteiger partial charge in [-0.05, 0) is 56.9 Å². The number of nitrogens with one attached hydrogen (secondary N) is 1. The van der Waals surface area contributed by atoms with Crippen LogP contribution in [-0.2, 0) is 7.05 Å². The van der Waals surface area contributed by atoms with Gasteiger partial charge in [-0.15, -0.1) is 0 Å². The largest absolute Gasteiger partial charge is 0.352 e. The average molecular weight is 295 g/mol.